The fourth-order valence-corrected chi connectivity index (χ4v) is 12.8. The van der Waals surface area contributed by atoms with Crippen LogP contribution in [0, 0.1) is 116 Å². The molecule has 1 radical (unpaired) electrons. The van der Waals surface area contributed by atoms with Crippen LogP contribution in [0.1, 0.15) is 77.0 Å². The number of nitrogens with zero attached hydrogens (tertiary/aromatic N) is 4. The topological polar surface area (TPSA) is 191 Å². The van der Waals surface area contributed by atoms with E-state index in [1.807, 2.05) is 0 Å². The summed E-state index contributed by atoms with van der Waals surface area (Å²) in [6.45, 7) is 0. The Labute approximate surface area is 301 Å². The molecule has 8 N–H and O–H groups in total. The first-order valence-electron chi connectivity index (χ1n) is 19.3. The van der Waals surface area contributed by atoms with Crippen LogP contribution in [0.3, 0.4) is 0 Å². The summed E-state index contributed by atoms with van der Waals surface area (Å²) in [5, 5.41) is 74.2. The Bertz CT molecular complexity index is 1300. The minimum Gasteiger partial charge on any atom is -0.286 e. The fourth-order valence-electron chi connectivity index (χ4n) is 12.8. The summed E-state index contributed by atoms with van der Waals surface area (Å²) >= 11 is 0. The van der Waals surface area contributed by atoms with Crippen molar-refractivity contribution in [1.82, 2.24) is 42.5 Å². The van der Waals surface area contributed by atoms with Crippen molar-refractivity contribution in [2.24, 2.45) is 71.0 Å². The zero-order valence-corrected chi connectivity index (χ0v) is 29.1. The zero-order chi connectivity index (χ0) is 32.5. The average Bonchev–Trinajstić information content (AvgIpc) is 3.86. The molecule has 5 aliphatic heterocycles. The Morgan fingerprint density at radius 2 is 0.510 bits per heavy atom. The van der Waals surface area contributed by atoms with Crippen molar-refractivity contribution in [3.63, 3.8) is 0 Å². The van der Waals surface area contributed by atoms with Crippen molar-refractivity contribution in [3.8, 4) is 24.3 Å². The second kappa shape index (κ2) is 13.9. The molecule has 4 saturated carbocycles. The van der Waals surface area contributed by atoms with Crippen LogP contribution in [0.4, 0.5) is 0 Å². The van der Waals surface area contributed by atoms with Gasteiger partial charge in [-0.05, 0) is 74.0 Å². The minimum atomic E-state index is -0.802. The van der Waals surface area contributed by atoms with E-state index in [1.165, 1.54) is 64.2 Å². The summed E-state index contributed by atoms with van der Waals surface area (Å²) in [5.41, 5.74) is 0. The molecule has 267 valence electrons. The molecule has 0 aromatic heterocycles. The molecular formula is C36H52CuN12. The summed E-state index contributed by atoms with van der Waals surface area (Å²) in [7, 11) is 0. The maximum absolute atomic E-state index is 10.6. The van der Waals surface area contributed by atoms with Gasteiger partial charge in [-0.15, -0.1) is 0 Å². The van der Waals surface area contributed by atoms with Crippen LogP contribution in [0.5, 0.6) is 0 Å². The summed E-state index contributed by atoms with van der Waals surface area (Å²) in [5.74, 6) is -0.333. The monoisotopic (exact) mass is 715 g/mol. The van der Waals surface area contributed by atoms with E-state index in [0.29, 0.717) is 35.5 Å². The van der Waals surface area contributed by atoms with Gasteiger partial charge in [-0.3, -0.25) is 42.5 Å². The van der Waals surface area contributed by atoms with Crippen molar-refractivity contribution in [2.45, 2.75) is 126 Å². The van der Waals surface area contributed by atoms with Crippen LogP contribution in [0.2, 0.25) is 0 Å². The summed E-state index contributed by atoms with van der Waals surface area (Å²) in [4.78, 5) is 0. The molecule has 9 fully saturated rings. The molecule has 5 heterocycles. The van der Waals surface area contributed by atoms with E-state index in [0.717, 1.165) is 12.8 Å². The Morgan fingerprint density at radius 1 is 0.306 bits per heavy atom. The SMILES string of the molecule is N#CC1C(C#N)C(C#N)C2C3NC4NC(NC5NC(NC6NC(NC(N3)C2C1C#N)C1CCCCC61)C1CCCCC51)C1CCCCC41.[Cu]. The van der Waals surface area contributed by atoms with Gasteiger partial charge in [0.05, 0.1) is 97.3 Å². The van der Waals surface area contributed by atoms with Crippen molar-refractivity contribution in [3.05, 3.63) is 0 Å². The first kappa shape index (κ1) is 34.3. The molecule has 12 nitrogen and oxygen atoms in total. The van der Waals surface area contributed by atoms with Crippen LogP contribution >= 0.6 is 0 Å². The molecule has 13 heteroatoms. The molecule has 4 aliphatic carbocycles. The number of fused-ring (bicyclic) bond motifs is 20. The number of hydrogen-bond acceptors (Lipinski definition) is 12. The minimum absolute atomic E-state index is 0. The predicted molar refractivity (Wildman–Crippen MR) is 175 cm³/mol. The zero-order valence-electron chi connectivity index (χ0n) is 28.1. The van der Waals surface area contributed by atoms with Crippen LogP contribution < -0.4 is 42.5 Å². The first-order chi connectivity index (χ1) is 23.6. The third-order valence-electron chi connectivity index (χ3n) is 14.9. The van der Waals surface area contributed by atoms with E-state index in [1.54, 1.807) is 0 Å². The molecule has 9 aliphatic rings. The van der Waals surface area contributed by atoms with Gasteiger partial charge in [-0.1, -0.05) is 38.5 Å². The van der Waals surface area contributed by atoms with E-state index in [4.69, 9.17) is 0 Å². The quantitative estimate of drug-likeness (QED) is 0.169. The average molecular weight is 716 g/mol. The van der Waals surface area contributed by atoms with Gasteiger partial charge in [0.25, 0.3) is 0 Å². The molecule has 20 atom stereocenters. The Kier molecular flexibility index (Phi) is 9.75. The summed E-state index contributed by atoms with van der Waals surface area (Å²) < 4.78 is 0. The van der Waals surface area contributed by atoms with E-state index < -0.39 is 23.7 Å². The largest absolute Gasteiger partial charge is 0.286 e. The first-order valence-corrected chi connectivity index (χ1v) is 19.3. The molecule has 0 aromatic carbocycles. The molecule has 5 saturated heterocycles. The molecule has 8 bridgehead atoms. The maximum atomic E-state index is 10.6. The Morgan fingerprint density at radius 3 is 0.735 bits per heavy atom. The van der Waals surface area contributed by atoms with Crippen molar-refractivity contribution in [2.75, 3.05) is 0 Å². The van der Waals surface area contributed by atoms with E-state index >= 15 is 0 Å². The number of rotatable bonds is 0. The normalized spacial score (nSPS) is 54.3. The Balaban J connectivity index is 0.00000348. The van der Waals surface area contributed by atoms with Crippen LogP contribution in [-0.4, -0.2) is 49.3 Å². The van der Waals surface area contributed by atoms with Gasteiger partial charge >= 0.3 is 0 Å². The molecule has 0 spiro atoms. The number of nitrogens with one attached hydrogen (secondary N) is 8. The van der Waals surface area contributed by atoms with Crippen LogP contribution in [-0.2, 0) is 17.1 Å². The molecule has 20 unspecified atom stereocenters. The Hall–Kier alpha value is -1.84. The second-order valence-corrected chi connectivity index (χ2v) is 16.8. The van der Waals surface area contributed by atoms with Crippen molar-refractivity contribution >= 4 is 0 Å². The van der Waals surface area contributed by atoms with Gasteiger partial charge in [0.2, 0.25) is 0 Å². The molecule has 49 heavy (non-hydrogen) atoms. The van der Waals surface area contributed by atoms with E-state index in [-0.39, 0.29) is 78.2 Å². The molecule has 0 amide bonds. The molecule has 0 aromatic rings. The third kappa shape index (κ3) is 5.57. The molecule has 9 rings (SSSR count). The van der Waals surface area contributed by atoms with Gasteiger partial charge in [-0.2, -0.15) is 21.0 Å². The van der Waals surface area contributed by atoms with Crippen molar-refractivity contribution in [1.29, 1.82) is 21.0 Å². The van der Waals surface area contributed by atoms with Gasteiger partial charge in [0.1, 0.15) is 0 Å². The van der Waals surface area contributed by atoms with E-state index in [9.17, 15) is 21.0 Å². The van der Waals surface area contributed by atoms with Crippen LogP contribution in [0.15, 0.2) is 0 Å². The fraction of sp³-hybridized carbons (Fsp3) is 0.889. The van der Waals surface area contributed by atoms with Crippen LogP contribution in [0.25, 0.3) is 0 Å². The van der Waals surface area contributed by atoms with Gasteiger partial charge in [-0.25, -0.2) is 0 Å². The molecular weight excluding hydrogens is 664 g/mol. The maximum Gasteiger partial charge on any atom is 0.0796 e. The number of hydrogen-bond donors (Lipinski definition) is 8. The summed E-state index contributed by atoms with van der Waals surface area (Å²) in [6, 6.07) is 9.64. The predicted octanol–water partition coefficient (Wildman–Crippen LogP) is 1.60. The van der Waals surface area contributed by atoms with Gasteiger partial charge < -0.3 is 0 Å². The second-order valence-electron chi connectivity index (χ2n) is 16.8. The smallest absolute Gasteiger partial charge is 0.0796 e. The standard InChI is InChI=1S/C36H52N12.Cu/c37-13-23-24(14-38)26(16-40)28-27(25(23)15-39)35-46-33-21-11-5-3-9-19(21)31(44-33)42-29-17-7-1-2-8-18(17)30(41-29)43-32-20-10-4-6-12-22(20)34(45-32)47-36(28)48-35;/h17-36,41-48H,1-12H2;. The number of nitriles is 4. The van der Waals surface area contributed by atoms with Gasteiger partial charge in [0, 0.05) is 28.9 Å². The van der Waals surface area contributed by atoms with Gasteiger partial charge in [0.15, 0.2) is 0 Å². The van der Waals surface area contributed by atoms with Crippen molar-refractivity contribution < 1.29 is 17.1 Å². The third-order valence-corrected chi connectivity index (χ3v) is 14.9. The van der Waals surface area contributed by atoms with E-state index in [2.05, 4.69) is 66.8 Å². The summed E-state index contributed by atoms with van der Waals surface area (Å²) in [6.07, 6.45) is 15.2.